The minimum Gasteiger partial charge on any atom is -0.376 e. The molecule has 1 fully saturated rings. The smallest absolute Gasteiger partial charge is 0.248 e. The molecule has 0 aromatic carbocycles. The second-order valence-corrected chi connectivity index (χ2v) is 6.05. The van der Waals surface area contributed by atoms with Gasteiger partial charge in [0.05, 0.1) is 12.7 Å². The first-order valence-corrected chi connectivity index (χ1v) is 8.53. The van der Waals surface area contributed by atoms with E-state index in [9.17, 15) is 4.79 Å². The van der Waals surface area contributed by atoms with Gasteiger partial charge in [0, 0.05) is 25.8 Å². The minimum atomic E-state index is -0.481. The van der Waals surface area contributed by atoms with Gasteiger partial charge in [-0.2, -0.15) is 0 Å². The second kappa shape index (κ2) is 8.21. The third kappa shape index (κ3) is 4.30. The van der Waals surface area contributed by atoms with Gasteiger partial charge >= 0.3 is 0 Å². The third-order valence-electron chi connectivity index (χ3n) is 4.21. The summed E-state index contributed by atoms with van der Waals surface area (Å²) >= 11 is 0. The van der Waals surface area contributed by atoms with Crippen LogP contribution in [0, 0.1) is 0 Å². The lowest BCUT2D eigenvalue weighted by atomic mass is 10.1. The van der Waals surface area contributed by atoms with Crippen LogP contribution in [0.1, 0.15) is 32.0 Å². The van der Waals surface area contributed by atoms with Gasteiger partial charge in [0.1, 0.15) is 11.9 Å². The number of nitrogens with one attached hydrogen (secondary N) is 1. The summed E-state index contributed by atoms with van der Waals surface area (Å²) in [5.41, 5.74) is 0.808. The summed E-state index contributed by atoms with van der Waals surface area (Å²) in [4.78, 5) is 12.1. The summed E-state index contributed by atoms with van der Waals surface area (Å²) in [6.45, 7) is 3.54. The number of rotatable bonds is 7. The van der Waals surface area contributed by atoms with Gasteiger partial charge in [-0.05, 0) is 38.3 Å². The van der Waals surface area contributed by atoms with Gasteiger partial charge in [0.25, 0.3) is 0 Å². The molecule has 0 unspecified atom stereocenters. The SMILES string of the molecule is C[C@@H](OC[C@@H]1CCCCO1)C(=O)NCCc1nnc2ccccn12. The first-order valence-electron chi connectivity index (χ1n) is 8.53. The van der Waals surface area contributed by atoms with E-state index in [0.717, 1.165) is 30.9 Å². The number of carbonyl (C=O) groups excluding carboxylic acids is 1. The van der Waals surface area contributed by atoms with Gasteiger partial charge < -0.3 is 14.8 Å². The first kappa shape index (κ1) is 16.9. The van der Waals surface area contributed by atoms with E-state index in [1.807, 2.05) is 28.8 Å². The van der Waals surface area contributed by atoms with E-state index in [2.05, 4.69) is 15.5 Å². The lowest BCUT2D eigenvalue weighted by Gasteiger charge is -2.23. The molecule has 7 nitrogen and oxygen atoms in total. The molecule has 1 aliphatic rings. The zero-order valence-corrected chi connectivity index (χ0v) is 14.0. The summed E-state index contributed by atoms with van der Waals surface area (Å²) in [6, 6.07) is 5.75. The topological polar surface area (TPSA) is 77.8 Å². The van der Waals surface area contributed by atoms with Gasteiger partial charge in [-0.1, -0.05) is 6.07 Å². The maximum absolute atomic E-state index is 12.1. The molecule has 2 aromatic heterocycles. The minimum absolute atomic E-state index is 0.111. The molecule has 0 saturated carbocycles. The average Bonchev–Trinajstić information content (AvgIpc) is 3.04. The van der Waals surface area contributed by atoms with Crippen molar-refractivity contribution in [2.75, 3.05) is 19.8 Å². The molecule has 3 heterocycles. The fourth-order valence-corrected chi connectivity index (χ4v) is 2.77. The molecule has 0 aliphatic carbocycles. The Hall–Kier alpha value is -1.99. The predicted molar refractivity (Wildman–Crippen MR) is 88.7 cm³/mol. The van der Waals surface area contributed by atoms with Crippen molar-refractivity contribution in [1.29, 1.82) is 0 Å². The van der Waals surface area contributed by atoms with E-state index in [1.165, 1.54) is 6.42 Å². The van der Waals surface area contributed by atoms with Crippen LogP contribution < -0.4 is 5.32 Å². The number of pyridine rings is 1. The number of carbonyl (C=O) groups is 1. The van der Waals surface area contributed by atoms with E-state index >= 15 is 0 Å². The van der Waals surface area contributed by atoms with Crippen LogP contribution in [-0.2, 0) is 20.7 Å². The Morgan fingerprint density at radius 1 is 1.46 bits per heavy atom. The molecule has 7 heteroatoms. The Bertz CT molecular complexity index is 667. The lowest BCUT2D eigenvalue weighted by Crippen LogP contribution is -2.37. The maximum atomic E-state index is 12.1. The zero-order valence-electron chi connectivity index (χ0n) is 14.0. The molecule has 2 atom stereocenters. The third-order valence-corrected chi connectivity index (χ3v) is 4.21. The van der Waals surface area contributed by atoms with Crippen LogP contribution in [0.15, 0.2) is 24.4 Å². The molecule has 24 heavy (non-hydrogen) atoms. The number of hydrogen-bond acceptors (Lipinski definition) is 5. The van der Waals surface area contributed by atoms with E-state index in [1.54, 1.807) is 6.92 Å². The Kier molecular flexibility index (Phi) is 5.77. The number of fused-ring (bicyclic) bond motifs is 1. The second-order valence-electron chi connectivity index (χ2n) is 6.05. The van der Waals surface area contributed by atoms with Crippen LogP contribution in [-0.4, -0.2) is 52.5 Å². The fraction of sp³-hybridized carbons (Fsp3) is 0.588. The molecule has 3 rings (SSSR count). The standard InChI is InChI=1S/C17H24N4O3/c1-13(24-12-14-6-3-5-11-23-14)17(22)18-9-8-16-20-19-15-7-2-4-10-21(15)16/h2,4,7,10,13-14H,3,5-6,8-9,11-12H2,1H3,(H,18,22)/t13-,14+/m1/s1. The van der Waals surface area contributed by atoms with Gasteiger partial charge in [-0.3, -0.25) is 9.20 Å². The van der Waals surface area contributed by atoms with E-state index in [0.29, 0.717) is 19.6 Å². The van der Waals surface area contributed by atoms with E-state index in [-0.39, 0.29) is 12.0 Å². The predicted octanol–water partition coefficient (Wildman–Crippen LogP) is 1.36. The van der Waals surface area contributed by atoms with Gasteiger partial charge in [-0.25, -0.2) is 0 Å². The highest BCUT2D eigenvalue weighted by Gasteiger charge is 2.18. The van der Waals surface area contributed by atoms with Crippen molar-refractivity contribution >= 4 is 11.6 Å². The molecule has 1 amide bonds. The molecule has 0 radical (unpaired) electrons. The van der Waals surface area contributed by atoms with Crippen LogP contribution >= 0.6 is 0 Å². The quantitative estimate of drug-likeness (QED) is 0.828. The summed E-state index contributed by atoms with van der Waals surface area (Å²) in [5, 5.41) is 11.1. The fourth-order valence-electron chi connectivity index (χ4n) is 2.77. The highest BCUT2D eigenvalue weighted by molar-refractivity contribution is 5.80. The largest absolute Gasteiger partial charge is 0.376 e. The lowest BCUT2D eigenvalue weighted by molar-refractivity contribution is -0.135. The van der Waals surface area contributed by atoms with E-state index in [4.69, 9.17) is 9.47 Å². The molecule has 130 valence electrons. The summed E-state index contributed by atoms with van der Waals surface area (Å²) < 4.78 is 13.2. The van der Waals surface area contributed by atoms with Crippen molar-refractivity contribution in [3.63, 3.8) is 0 Å². The molecule has 2 aromatic rings. The highest BCUT2D eigenvalue weighted by atomic mass is 16.5. The van der Waals surface area contributed by atoms with Crippen molar-refractivity contribution < 1.29 is 14.3 Å². The van der Waals surface area contributed by atoms with Gasteiger partial charge in [0.15, 0.2) is 5.65 Å². The molecule has 0 spiro atoms. The number of amides is 1. The Morgan fingerprint density at radius 3 is 3.21 bits per heavy atom. The van der Waals surface area contributed by atoms with Gasteiger partial charge in [0.2, 0.25) is 5.91 Å². The van der Waals surface area contributed by atoms with Crippen LogP contribution in [0.5, 0.6) is 0 Å². The van der Waals surface area contributed by atoms with Crippen molar-refractivity contribution in [3.05, 3.63) is 30.2 Å². The van der Waals surface area contributed by atoms with Crippen LogP contribution in [0.3, 0.4) is 0 Å². The first-order chi connectivity index (χ1) is 11.7. The molecular weight excluding hydrogens is 308 g/mol. The number of aromatic nitrogens is 3. The van der Waals surface area contributed by atoms with Crippen LogP contribution in [0.2, 0.25) is 0 Å². The Morgan fingerprint density at radius 2 is 2.38 bits per heavy atom. The highest BCUT2D eigenvalue weighted by Crippen LogP contribution is 2.13. The monoisotopic (exact) mass is 332 g/mol. The van der Waals surface area contributed by atoms with Crippen molar-refractivity contribution in [3.8, 4) is 0 Å². The Balaban J connectivity index is 1.40. The molecular formula is C17H24N4O3. The number of nitrogens with zero attached hydrogens (tertiary/aromatic N) is 3. The van der Waals surface area contributed by atoms with E-state index < -0.39 is 6.10 Å². The average molecular weight is 332 g/mol. The number of hydrogen-bond donors (Lipinski definition) is 1. The molecule has 1 saturated heterocycles. The van der Waals surface area contributed by atoms with Crippen molar-refractivity contribution in [2.45, 2.75) is 44.8 Å². The summed E-state index contributed by atoms with van der Waals surface area (Å²) in [7, 11) is 0. The Labute approximate surface area is 141 Å². The summed E-state index contributed by atoms with van der Waals surface area (Å²) in [6.07, 6.45) is 5.47. The van der Waals surface area contributed by atoms with Gasteiger partial charge in [-0.15, -0.1) is 10.2 Å². The summed E-state index contributed by atoms with van der Waals surface area (Å²) in [5.74, 6) is 0.717. The molecule has 0 bridgehead atoms. The zero-order chi connectivity index (χ0) is 16.8. The number of ether oxygens (including phenoxy) is 2. The normalized spacial score (nSPS) is 19.3. The molecule has 1 N–H and O–H groups in total. The van der Waals surface area contributed by atoms with Crippen LogP contribution in [0.4, 0.5) is 0 Å². The van der Waals surface area contributed by atoms with Crippen LogP contribution in [0.25, 0.3) is 5.65 Å². The maximum Gasteiger partial charge on any atom is 0.248 e. The molecule has 1 aliphatic heterocycles. The van der Waals surface area contributed by atoms with Crippen molar-refractivity contribution in [1.82, 2.24) is 19.9 Å². The van der Waals surface area contributed by atoms with Crippen molar-refractivity contribution in [2.24, 2.45) is 0 Å².